The molecular weight excluding hydrogens is 377 g/mol. The zero-order valence-electron chi connectivity index (χ0n) is 17.4. The molecule has 3 aromatic rings. The average molecular weight is 406 g/mol. The molecule has 1 aromatic heterocycles. The van der Waals surface area contributed by atoms with E-state index in [9.17, 15) is 4.39 Å². The van der Waals surface area contributed by atoms with Crippen LogP contribution in [-0.4, -0.2) is 27.8 Å². The number of nitrogens with zero attached hydrogens (tertiary/aromatic N) is 3. The maximum absolute atomic E-state index is 14.4. The summed E-state index contributed by atoms with van der Waals surface area (Å²) in [7, 11) is 1.81. The number of nitrogens with one attached hydrogen (secondary N) is 1. The first-order chi connectivity index (χ1) is 14.5. The Morgan fingerprint density at radius 3 is 2.60 bits per heavy atom. The molecule has 30 heavy (non-hydrogen) atoms. The van der Waals surface area contributed by atoms with Crippen LogP contribution in [-0.2, 0) is 20.0 Å². The Morgan fingerprint density at radius 1 is 1.20 bits per heavy atom. The van der Waals surface area contributed by atoms with Gasteiger partial charge in [0.05, 0.1) is 6.20 Å². The Balaban J connectivity index is 1.42. The number of hydrogen-bond donors (Lipinski definition) is 2. The van der Waals surface area contributed by atoms with Gasteiger partial charge in [-0.05, 0) is 61.3 Å². The molecule has 5 nitrogen and oxygen atoms in total. The van der Waals surface area contributed by atoms with Gasteiger partial charge in [0, 0.05) is 54.4 Å². The first-order valence-corrected chi connectivity index (χ1v) is 10.3. The Bertz CT molecular complexity index is 1030. The third-order valence-corrected chi connectivity index (χ3v) is 5.53. The molecule has 0 unspecified atom stereocenters. The van der Waals surface area contributed by atoms with Crippen molar-refractivity contribution < 1.29 is 4.39 Å². The molecule has 1 aliphatic rings. The van der Waals surface area contributed by atoms with Crippen molar-refractivity contribution in [3.05, 3.63) is 78.0 Å². The van der Waals surface area contributed by atoms with Crippen molar-refractivity contribution >= 4 is 11.4 Å². The van der Waals surface area contributed by atoms with E-state index in [2.05, 4.69) is 46.2 Å². The quantitative estimate of drug-likeness (QED) is 0.565. The standard InChI is InChI=1S/C24H28FN5/c1-17(28-21-7-5-18(6-8-21)15-30-9-3-4-10-30)11-19-12-22(23(25)13-24(19)26)20-14-27-29(2)16-20/h5-8,12-14,16,28H,1,3-4,9-11,15,26H2,2H3. The molecule has 156 valence electrons. The molecule has 0 spiro atoms. The minimum absolute atomic E-state index is 0.351. The number of nitrogens with two attached hydrogens (primary N) is 1. The Labute approximate surface area is 177 Å². The summed E-state index contributed by atoms with van der Waals surface area (Å²) in [4.78, 5) is 2.48. The molecule has 0 atom stereocenters. The first-order valence-electron chi connectivity index (χ1n) is 10.3. The van der Waals surface area contributed by atoms with E-state index in [1.165, 1.54) is 37.6 Å². The van der Waals surface area contributed by atoms with Gasteiger partial charge in [-0.1, -0.05) is 18.7 Å². The van der Waals surface area contributed by atoms with Crippen molar-refractivity contribution in [2.24, 2.45) is 7.05 Å². The SMILES string of the molecule is C=C(Cc1cc(-c2cnn(C)c2)c(F)cc1N)Nc1ccc(CN2CCCC2)cc1. The van der Waals surface area contributed by atoms with E-state index in [1.807, 2.05) is 7.05 Å². The van der Waals surface area contributed by atoms with Crippen LogP contribution in [0.5, 0.6) is 0 Å². The number of allylic oxidation sites excluding steroid dienone is 1. The van der Waals surface area contributed by atoms with Gasteiger partial charge in [0.2, 0.25) is 0 Å². The molecule has 0 aliphatic carbocycles. The van der Waals surface area contributed by atoms with Gasteiger partial charge in [0.25, 0.3) is 0 Å². The van der Waals surface area contributed by atoms with E-state index in [-0.39, 0.29) is 5.82 Å². The van der Waals surface area contributed by atoms with Gasteiger partial charge >= 0.3 is 0 Å². The lowest BCUT2D eigenvalue weighted by Crippen LogP contribution is -2.18. The predicted octanol–water partition coefficient (Wildman–Crippen LogP) is 4.57. The van der Waals surface area contributed by atoms with Crippen LogP contribution >= 0.6 is 0 Å². The number of halogens is 1. The molecule has 2 aromatic carbocycles. The fourth-order valence-electron chi connectivity index (χ4n) is 3.94. The lowest BCUT2D eigenvalue weighted by molar-refractivity contribution is 0.331. The van der Waals surface area contributed by atoms with Crippen LogP contribution in [0.15, 0.2) is 61.1 Å². The molecule has 0 saturated carbocycles. The van der Waals surface area contributed by atoms with Crippen molar-refractivity contribution in [2.75, 3.05) is 24.1 Å². The lowest BCUT2D eigenvalue weighted by atomic mass is 10.0. The molecule has 6 heteroatoms. The third kappa shape index (κ3) is 4.71. The van der Waals surface area contributed by atoms with Crippen molar-refractivity contribution in [3.8, 4) is 11.1 Å². The molecule has 0 amide bonds. The van der Waals surface area contributed by atoms with Gasteiger partial charge in [-0.15, -0.1) is 0 Å². The summed E-state index contributed by atoms with van der Waals surface area (Å²) in [5.41, 5.74) is 11.7. The third-order valence-electron chi connectivity index (χ3n) is 5.53. The number of rotatable bonds is 7. The smallest absolute Gasteiger partial charge is 0.133 e. The van der Waals surface area contributed by atoms with Crippen molar-refractivity contribution in [1.29, 1.82) is 0 Å². The van der Waals surface area contributed by atoms with Crippen LogP contribution in [0.4, 0.5) is 15.8 Å². The van der Waals surface area contributed by atoms with Crippen LogP contribution < -0.4 is 11.1 Å². The number of nitrogen functional groups attached to an aromatic ring is 1. The van der Waals surface area contributed by atoms with E-state index >= 15 is 0 Å². The topological polar surface area (TPSA) is 59.1 Å². The van der Waals surface area contributed by atoms with E-state index < -0.39 is 0 Å². The average Bonchev–Trinajstić information content (AvgIpc) is 3.37. The van der Waals surface area contributed by atoms with Gasteiger partial charge in [0.15, 0.2) is 0 Å². The molecular formula is C24H28FN5. The molecule has 1 saturated heterocycles. The largest absolute Gasteiger partial charge is 0.398 e. The maximum Gasteiger partial charge on any atom is 0.133 e. The van der Waals surface area contributed by atoms with Gasteiger partial charge in [-0.2, -0.15) is 5.10 Å². The first kappa shape index (κ1) is 20.2. The summed E-state index contributed by atoms with van der Waals surface area (Å²) in [5.74, 6) is -0.351. The number of benzene rings is 2. The Kier molecular flexibility index (Phi) is 5.86. The molecule has 2 heterocycles. The Morgan fingerprint density at radius 2 is 1.93 bits per heavy atom. The number of hydrogen-bond acceptors (Lipinski definition) is 4. The number of aromatic nitrogens is 2. The minimum Gasteiger partial charge on any atom is -0.398 e. The van der Waals surface area contributed by atoms with Crippen LogP contribution in [0.2, 0.25) is 0 Å². The summed E-state index contributed by atoms with van der Waals surface area (Å²) < 4.78 is 16.1. The highest BCUT2D eigenvalue weighted by Crippen LogP contribution is 2.28. The minimum atomic E-state index is -0.351. The number of aryl methyl sites for hydroxylation is 1. The van der Waals surface area contributed by atoms with Gasteiger partial charge in [-0.3, -0.25) is 9.58 Å². The second kappa shape index (κ2) is 8.71. The second-order valence-corrected chi connectivity index (χ2v) is 8.02. The summed E-state index contributed by atoms with van der Waals surface area (Å²) in [6, 6.07) is 11.6. The van der Waals surface area contributed by atoms with Gasteiger partial charge in [-0.25, -0.2) is 4.39 Å². The Hall–Kier alpha value is -3.12. The van der Waals surface area contributed by atoms with Crippen LogP contribution in [0.1, 0.15) is 24.0 Å². The predicted molar refractivity (Wildman–Crippen MR) is 120 cm³/mol. The van der Waals surface area contributed by atoms with Gasteiger partial charge < -0.3 is 11.1 Å². The zero-order valence-corrected chi connectivity index (χ0v) is 17.4. The van der Waals surface area contributed by atoms with Crippen LogP contribution in [0.3, 0.4) is 0 Å². The fourth-order valence-corrected chi connectivity index (χ4v) is 3.94. The van der Waals surface area contributed by atoms with E-state index in [0.29, 0.717) is 17.7 Å². The van der Waals surface area contributed by atoms with E-state index in [1.54, 1.807) is 23.1 Å². The molecule has 4 rings (SSSR count). The molecule has 1 fully saturated rings. The number of likely N-dealkylation sites (tertiary alicyclic amines) is 1. The summed E-state index contributed by atoms with van der Waals surface area (Å²) in [6.07, 6.45) is 6.54. The highest BCUT2D eigenvalue weighted by atomic mass is 19.1. The van der Waals surface area contributed by atoms with Gasteiger partial charge in [0.1, 0.15) is 5.82 Å². The van der Waals surface area contributed by atoms with E-state index in [0.717, 1.165) is 29.1 Å². The molecule has 0 radical (unpaired) electrons. The maximum atomic E-state index is 14.4. The fraction of sp³-hybridized carbons (Fsp3) is 0.292. The number of anilines is 2. The normalized spacial score (nSPS) is 14.2. The zero-order chi connectivity index (χ0) is 21.1. The van der Waals surface area contributed by atoms with Crippen LogP contribution in [0, 0.1) is 5.82 Å². The molecule has 1 aliphatic heterocycles. The summed E-state index contributed by atoms with van der Waals surface area (Å²) in [6.45, 7) is 7.52. The molecule has 0 bridgehead atoms. The highest BCUT2D eigenvalue weighted by molar-refractivity contribution is 5.68. The monoisotopic (exact) mass is 405 g/mol. The summed E-state index contributed by atoms with van der Waals surface area (Å²) in [5, 5.41) is 7.47. The summed E-state index contributed by atoms with van der Waals surface area (Å²) >= 11 is 0. The van der Waals surface area contributed by atoms with Crippen molar-refractivity contribution in [3.63, 3.8) is 0 Å². The highest BCUT2D eigenvalue weighted by Gasteiger charge is 2.13. The van der Waals surface area contributed by atoms with Crippen LogP contribution in [0.25, 0.3) is 11.1 Å². The lowest BCUT2D eigenvalue weighted by Gasteiger charge is -2.16. The van der Waals surface area contributed by atoms with Crippen molar-refractivity contribution in [1.82, 2.24) is 14.7 Å². The molecule has 3 N–H and O–H groups in total. The second-order valence-electron chi connectivity index (χ2n) is 8.02. The van der Waals surface area contributed by atoms with E-state index in [4.69, 9.17) is 5.73 Å². The van der Waals surface area contributed by atoms with Crippen molar-refractivity contribution in [2.45, 2.75) is 25.8 Å².